The van der Waals surface area contributed by atoms with Crippen LogP contribution in [0.1, 0.15) is 48.4 Å². The van der Waals surface area contributed by atoms with Crippen LogP contribution in [0.25, 0.3) is 0 Å². The smallest absolute Gasteiger partial charge is 0.236 e. The van der Waals surface area contributed by atoms with E-state index in [1.165, 1.54) is 29.5 Å². The van der Waals surface area contributed by atoms with Gasteiger partial charge in [0, 0.05) is 19.6 Å². The van der Waals surface area contributed by atoms with E-state index < -0.39 is 0 Å². The Kier molecular flexibility index (Phi) is 7.10. The standard InChI is InChI=1S/C24H32N2O2/c1-19-8-10-20(11-9-19)17-25(2)24(27)18-26-16-6-4-5-7-23(26)21-12-14-22(28-3)15-13-21/h8-15,23H,4-7,16-18H2,1-3H3. The second kappa shape index (κ2) is 9.74. The molecule has 0 radical (unpaired) electrons. The van der Waals surface area contributed by atoms with E-state index >= 15 is 0 Å². The number of likely N-dealkylation sites (tertiary alicyclic amines) is 1. The van der Waals surface area contributed by atoms with E-state index in [2.05, 4.69) is 48.2 Å². The number of methoxy groups -OCH3 is 1. The van der Waals surface area contributed by atoms with Gasteiger partial charge in [0.25, 0.3) is 0 Å². The highest BCUT2D eigenvalue weighted by Gasteiger charge is 2.25. The van der Waals surface area contributed by atoms with Crippen LogP contribution < -0.4 is 4.74 Å². The molecular weight excluding hydrogens is 348 g/mol. The molecule has 1 fully saturated rings. The fraction of sp³-hybridized carbons (Fsp3) is 0.458. The van der Waals surface area contributed by atoms with Gasteiger partial charge in [-0.25, -0.2) is 0 Å². The third kappa shape index (κ3) is 5.35. The number of amides is 1. The molecule has 1 atom stereocenters. The zero-order valence-electron chi connectivity index (χ0n) is 17.4. The van der Waals surface area contributed by atoms with Crippen LogP contribution in [0.4, 0.5) is 0 Å². The highest BCUT2D eigenvalue weighted by Crippen LogP contribution is 2.31. The number of hydrogen-bond acceptors (Lipinski definition) is 3. The van der Waals surface area contributed by atoms with Crippen LogP contribution in [0.3, 0.4) is 0 Å². The molecule has 1 amide bonds. The first kappa shape index (κ1) is 20.4. The molecule has 4 nitrogen and oxygen atoms in total. The lowest BCUT2D eigenvalue weighted by atomic mass is 10.0. The average Bonchev–Trinajstić information content (AvgIpc) is 2.95. The number of ether oxygens (including phenoxy) is 1. The minimum absolute atomic E-state index is 0.181. The van der Waals surface area contributed by atoms with Gasteiger partial charge in [-0.2, -0.15) is 0 Å². The largest absolute Gasteiger partial charge is 0.497 e. The zero-order valence-corrected chi connectivity index (χ0v) is 17.4. The topological polar surface area (TPSA) is 32.8 Å². The maximum atomic E-state index is 12.9. The van der Waals surface area contributed by atoms with Crippen molar-refractivity contribution >= 4 is 5.91 Å². The zero-order chi connectivity index (χ0) is 19.9. The van der Waals surface area contributed by atoms with Crippen molar-refractivity contribution in [1.29, 1.82) is 0 Å². The Labute approximate surface area is 169 Å². The molecule has 0 bridgehead atoms. The molecular formula is C24H32N2O2. The van der Waals surface area contributed by atoms with Crippen LogP contribution in [0.2, 0.25) is 0 Å². The lowest BCUT2D eigenvalue weighted by Crippen LogP contribution is -2.40. The molecule has 0 spiro atoms. The van der Waals surface area contributed by atoms with E-state index in [-0.39, 0.29) is 5.91 Å². The van der Waals surface area contributed by atoms with Gasteiger partial charge >= 0.3 is 0 Å². The van der Waals surface area contributed by atoms with Crippen molar-refractivity contribution in [2.24, 2.45) is 0 Å². The number of carbonyl (C=O) groups excluding carboxylic acids is 1. The van der Waals surface area contributed by atoms with Crippen molar-refractivity contribution < 1.29 is 9.53 Å². The summed E-state index contributed by atoms with van der Waals surface area (Å²) in [5, 5.41) is 0. The van der Waals surface area contributed by atoms with Gasteiger partial charge in [-0.05, 0) is 49.6 Å². The summed E-state index contributed by atoms with van der Waals surface area (Å²) in [5.41, 5.74) is 3.69. The maximum Gasteiger partial charge on any atom is 0.236 e. The fourth-order valence-corrected chi connectivity index (χ4v) is 3.91. The number of likely N-dealkylation sites (N-methyl/N-ethyl adjacent to an activating group) is 1. The Morgan fingerprint density at radius 1 is 1.07 bits per heavy atom. The number of aryl methyl sites for hydroxylation is 1. The van der Waals surface area contributed by atoms with Crippen LogP contribution in [0.5, 0.6) is 5.75 Å². The Hall–Kier alpha value is -2.33. The Morgan fingerprint density at radius 3 is 2.46 bits per heavy atom. The highest BCUT2D eigenvalue weighted by atomic mass is 16.5. The predicted molar refractivity (Wildman–Crippen MR) is 113 cm³/mol. The van der Waals surface area contributed by atoms with E-state index in [4.69, 9.17) is 4.74 Å². The van der Waals surface area contributed by atoms with Crippen molar-refractivity contribution in [2.45, 2.75) is 45.2 Å². The van der Waals surface area contributed by atoms with Crippen LogP contribution in [-0.4, -0.2) is 43.0 Å². The van der Waals surface area contributed by atoms with Crippen molar-refractivity contribution in [3.8, 4) is 5.75 Å². The highest BCUT2D eigenvalue weighted by molar-refractivity contribution is 5.78. The summed E-state index contributed by atoms with van der Waals surface area (Å²) in [7, 11) is 3.60. The van der Waals surface area contributed by atoms with Crippen LogP contribution in [0.15, 0.2) is 48.5 Å². The normalized spacial score (nSPS) is 17.8. The molecule has 4 heteroatoms. The van der Waals surface area contributed by atoms with Gasteiger partial charge in [0.05, 0.1) is 13.7 Å². The van der Waals surface area contributed by atoms with Gasteiger partial charge in [0.2, 0.25) is 5.91 Å². The van der Waals surface area contributed by atoms with Crippen molar-refractivity contribution in [2.75, 3.05) is 27.2 Å². The van der Waals surface area contributed by atoms with Crippen LogP contribution in [0, 0.1) is 6.92 Å². The molecule has 0 aromatic heterocycles. The quantitative estimate of drug-likeness (QED) is 0.735. The fourth-order valence-electron chi connectivity index (χ4n) is 3.91. The average molecular weight is 381 g/mol. The predicted octanol–water partition coefficient (Wildman–Crippen LogP) is 4.58. The summed E-state index contributed by atoms with van der Waals surface area (Å²) >= 11 is 0. The molecule has 1 aliphatic rings. The third-order valence-corrected chi connectivity index (χ3v) is 5.67. The summed E-state index contributed by atoms with van der Waals surface area (Å²) in [4.78, 5) is 17.1. The molecule has 2 aromatic carbocycles. The molecule has 3 rings (SSSR count). The van der Waals surface area contributed by atoms with E-state index in [1.807, 2.05) is 24.1 Å². The first-order chi connectivity index (χ1) is 13.6. The second-order valence-corrected chi connectivity index (χ2v) is 7.84. The summed E-state index contributed by atoms with van der Waals surface area (Å²) in [6.45, 7) is 4.18. The number of hydrogen-bond donors (Lipinski definition) is 0. The first-order valence-corrected chi connectivity index (χ1v) is 10.2. The summed E-state index contributed by atoms with van der Waals surface area (Å²) < 4.78 is 5.29. The number of benzene rings is 2. The lowest BCUT2D eigenvalue weighted by Gasteiger charge is -2.31. The molecule has 0 aliphatic carbocycles. The molecule has 28 heavy (non-hydrogen) atoms. The van der Waals surface area contributed by atoms with Gasteiger partial charge in [-0.1, -0.05) is 54.8 Å². The summed E-state index contributed by atoms with van der Waals surface area (Å²) in [6, 6.07) is 17.0. The van der Waals surface area contributed by atoms with Crippen molar-refractivity contribution in [3.63, 3.8) is 0 Å². The van der Waals surface area contributed by atoms with Gasteiger partial charge in [0.1, 0.15) is 5.75 Å². The SMILES string of the molecule is COc1ccc(C2CCCCCN2CC(=O)N(C)Cc2ccc(C)cc2)cc1. The summed E-state index contributed by atoms with van der Waals surface area (Å²) in [5.74, 6) is 1.05. The molecule has 1 heterocycles. The molecule has 0 saturated carbocycles. The van der Waals surface area contributed by atoms with E-state index in [1.54, 1.807) is 7.11 Å². The van der Waals surface area contributed by atoms with Gasteiger partial charge < -0.3 is 9.64 Å². The second-order valence-electron chi connectivity index (χ2n) is 7.84. The molecule has 1 aliphatic heterocycles. The minimum atomic E-state index is 0.181. The number of nitrogens with zero attached hydrogens (tertiary/aromatic N) is 2. The van der Waals surface area contributed by atoms with E-state index in [0.29, 0.717) is 19.1 Å². The summed E-state index contributed by atoms with van der Waals surface area (Å²) in [6.07, 6.45) is 4.69. The molecule has 1 saturated heterocycles. The number of rotatable bonds is 6. The minimum Gasteiger partial charge on any atom is -0.497 e. The molecule has 0 N–H and O–H groups in total. The van der Waals surface area contributed by atoms with Crippen LogP contribution >= 0.6 is 0 Å². The van der Waals surface area contributed by atoms with Crippen molar-refractivity contribution in [1.82, 2.24) is 9.80 Å². The Morgan fingerprint density at radius 2 is 1.79 bits per heavy atom. The van der Waals surface area contributed by atoms with Crippen molar-refractivity contribution in [3.05, 3.63) is 65.2 Å². The molecule has 150 valence electrons. The third-order valence-electron chi connectivity index (χ3n) is 5.67. The lowest BCUT2D eigenvalue weighted by molar-refractivity contribution is -0.132. The van der Waals surface area contributed by atoms with E-state index in [9.17, 15) is 4.79 Å². The van der Waals surface area contributed by atoms with Gasteiger partial charge in [0.15, 0.2) is 0 Å². The maximum absolute atomic E-state index is 12.9. The van der Waals surface area contributed by atoms with Gasteiger partial charge in [-0.15, -0.1) is 0 Å². The van der Waals surface area contributed by atoms with Crippen LogP contribution in [-0.2, 0) is 11.3 Å². The number of carbonyl (C=O) groups is 1. The monoisotopic (exact) mass is 380 g/mol. The first-order valence-electron chi connectivity index (χ1n) is 10.2. The Bertz CT molecular complexity index is 755. The molecule has 1 unspecified atom stereocenters. The van der Waals surface area contributed by atoms with Gasteiger partial charge in [-0.3, -0.25) is 9.69 Å². The van der Waals surface area contributed by atoms with E-state index in [0.717, 1.165) is 25.1 Å². The Balaban J connectivity index is 1.67. The molecule has 2 aromatic rings.